The molecule has 3 heteroatoms. The van der Waals surface area contributed by atoms with Gasteiger partial charge in [0.05, 0.1) is 5.56 Å². The fourth-order valence-electron chi connectivity index (χ4n) is 1.68. The second kappa shape index (κ2) is 3.42. The number of nitrogens with one attached hydrogen (secondary N) is 1. The highest BCUT2D eigenvalue weighted by Gasteiger charge is 2.10. The largest absolute Gasteiger partial charge is 0.478 e. The predicted molar refractivity (Wildman–Crippen MR) is 59.3 cm³/mol. The number of rotatable bonds is 2. The van der Waals surface area contributed by atoms with Crippen molar-refractivity contribution >= 4 is 16.9 Å². The molecule has 3 nitrogen and oxygen atoms in total. The van der Waals surface area contributed by atoms with E-state index in [1.807, 2.05) is 18.2 Å². The highest BCUT2D eigenvalue weighted by molar-refractivity contribution is 6.03. The van der Waals surface area contributed by atoms with Gasteiger partial charge in [-0.05, 0) is 17.5 Å². The van der Waals surface area contributed by atoms with E-state index in [1.54, 1.807) is 0 Å². The normalized spacial score (nSPS) is 11.1. The van der Waals surface area contributed by atoms with E-state index in [2.05, 4.69) is 18.8 Å². The van der Waals surface area contributed by atoms with Crippen LogP contribution in [0.25, 0.3) is 10.9 Å². The van der Waals surface area contributed by atoms with Crippen LogP contribution in [-0.2, 0) is 0 Å². The lowest BCUT2D eigenvalue weighted by Gasteiger charge is -2.04. The van der Waals surface area contributed by atoms with Crippen molar-refractivity contribution < 1.29 is 9.90 Å². The molecule has 0 bridgehead atoms. The molecule has 0 saturated carbocycles. The zero-order valence-electron chi connectivity index (χ0n) is 8.74. The summed E-state index contributed by atoms with van der Waals surface area (Å²) in [7, 11) is 0. The van der Waals surface area contributed by atoms with Crippen molar-refractivity contribution in [3.63, 3.8) is 0 Å². The van der Waals surface area contributed by atoms with E-state index in [4.69, 9.17) is 5.11 Å². The highest BCUT2D eigenvalue weighted by Crippen LogP contribution is 2.23. The molecule has 1 aromatic heterocycles. The maximum atomic E-state index is 10.9. The molecule has 0 unspecified atom stereocenters. The lowest BCUT2D eigenvalue weighted by molar-refractivity contribution is 0.0699. The van der Waals surface area contributed by atoms with E-state index in [9.17, 15) is 4.79 Å². The summed E-state index contributed by atoms with van der Waals surface area (Å²) in [6.45, 7) is 4.23. The number of carboxylic acid groups (broad SMARTS) is 1. The highest BCUT2D eigenvalue weighted by atomic mass is 16.4. The molecule has 78 valence electrons. The Labute approximate surface area is 87.7 Å². The number of aromatic nitrogens is 1. The molecule has 1 heterocycles. The van der Waals surface area contributed by atoms with E-state index >= 15 is 0 Å². The van der Waals surface area contributed by atoms with Gasteiger partial charge < -0.3 is 10.1 Å². The molecule has 0 fully saturated rings. The van der Waals surface area contributed by atoms with Gasteiger partial charge in [0.15, 0.2) is 0 Å². The van der Waals surface area contributed by atoms with E-state index in [-0.39, 0.29) is 0 Å². The predicted octanol–water partition coefficient (Wildman–Crippen LogP) is 2.99. The van der Waals surface area contributed by atoms with E-state index in [1.165, 1.54) is 11.8 Å². The van der Waals surface area contributed by atoms with Gasteiger partial charge in [-0.2, -0.15) is 0 Å². The zero-order valence-corrected chi connectivity index (χ0v) is 8.74. The van der Waals surface area contributed by atoms with Crippen molar-refractivity contribution in [1.29, 1.82) is 0 Å². The Hall–Kier alpha value is -1.77. The molecule has 0 radical (unpaired) electrons. The standard InChI is InChI=1S/C12H13NO2/c1-7(2)8-3-4-9-10(12(14)15)6-13-11(9)5-8/h3-7,13H,1-2H3,(H,14,15). The number of H-pyrrole nitrogens is 1. The second-order valence-corrected chi connectivity index (χ2v) is 3.97. The van der Waals surface area contributed by atoms with Gasteiger partial charge in [-0.3, -0.25) is 0 Å². The molecular weight excluding hydrogens is 190 g/mol. The number of aromatic carboxylic acids is 1. The van der Waals surface area contributed by atoms with Crippen LogP contribution < -0.4 is 0 Å². The SMILES string of the molecule is CC(C)c1ccc2c(C(=O)O)c[nH]c2c1. The molecule has 0 aliphatic rings. The fourth-order valence-corrected chi connectivity index (χ4v) is 1.68. The smallest absolute Gasteiger partial charge is 0.337 e. The van der Waals surface area contributed by atoms with E-state index < -0.39 is 5.97 Å². The Balaban J connectivity index is 2.61. The summed E-state index contributed by atoms with van der Waals surface area (Å²) in [5.41, 5.74) is 2.43. The van der Waals surface area contributed by atoms with E-state index in [0.717, 1.165) is 10.9 Å². The number of carbonyl (C=O) groups is 1. The summed E-state index contributed by atoms with van der Waals surface area (Å²) in [6.07, 6.45) is 1.54. The van der Waals surface area contributed by atoms with Crippen molar-refractivity contribution in [3.05, 3.63) is 35.5 Å². The maximum Gasteiger partial charge on any atom is 0.337 e. The van der Waals surface area contributed by atoms with Gasteiger partial charge in [-0.15, -0.1) is 0 Å². The molecule has 15 heavy (non-hydrogen) atoms. The monoisotopic (exact) mass is 203 g/mol. The number of hydrogen-bond donors (Lipinski definition) is 2. The maximum absolute atomic E-state index is 10.9. The lowest BCUT2D eigenvalue weighted by atomic mass is 10.0. The minimum Gasteiger partial charge on any atom is -0.478 e. The molecule has 0 aliphatic heterocycles. The first-order chi connectivity index (χ1) is 7.09. The third kappa shape index (κ3) is 1.61. The molecular formula is C12H13NO2. The van der Waals surface area contributed by atoms with Gasteiger partial charge in [0, 0.05) is 17.1 Å². The van der Waals surface area contributed by atoms with Crippen LogP contribution in [0.4, 0.5) is 0 Å². The first-order valence-corrected chi connectivity index (χ1v) is 4.94. The average Bonchev–Trinajstić information content (AvgIpc) is 2.59. The Kier molecular flexibility index (Phi) is 2.23. The summed E-state index contributed by atoms with van der Waals surface area (Å²) >= 11 is 0. The molecule has 2 rings (SSSR count). The van der Waals surface area contributed by atoms with Crippen LogP contribution in [0.5, 0.6) is 0 Å². The zero-order chi connectivity index (χ0) is 11.0. The molecule has 0 spiro atoms. The number of fused-ring (bicyclic) bond motifs is 1. The van der Waals surface area contributed by atoms with Gasteiger partial charge in [-0.1, -0.05) is 26.0 Å². The Morgan fingerprint density at radius 1 is 1.40 bits per heavy atom. The van der Waals surface area contributed by atoms with Crippen molar-refractivity contribution in [2.45, 2.75) is 19.8 Å². The van der Waals surface area contributed by atoms with Gasteiger partial charge in [0.1, 0.15) is 0 Å². The molecule has 1 aromatic carbocycles. The number of carboxylic acids is 1. The van der Waals surface area contributed by atoms with Crippen molar-refractivity contribution in [1.82, 2.24) is 4.98 Å². The summed E-state index contributed by atoms with van der Waals surface area (Å²) < 4.78 is 0. The van der Waals surface area contributed by atoms with E-state index in [0.29, 0.717) is 11.5 Å². The summed E-state index contributed by atoms with van der Waals surface area (Å²) in [5.74, 6) is -0.440. The van der Waals surface area contributed by atoms with Crippen molar-refractivity contribution in [2.75, 3.05) is 0 Å². The van der Waals surface area contributed by atoms with Crippen LogP contribution in [0.2, 0.25) is 0 Å². The third-order valence-corrected chi connectivity index (χ3v) is 2.60. The molecule has 0 amide bonds. The van der Waals surface area contributed by atoms with Gasteiger partial charge in [0.25, 0.3) is 0 Å². The first-order valence-electron chi connectivity index (χ1n) is 4.94. The van der Waals surface area contributed by atoms with Gasteiger partial charge in [0.2, 0.25) is 0 Å². The Bertz CT molecular complexity index is 511. The average molecular weight is 203 g/mol. The van der Waals surface area contributed by atoms with Gasteiger partial charge in [-0.25, -0.2) is 4.79 Å². The number of benzene rings is 1. The fraction of sp³-hybridized carbons (Fsp3) is 0.250. The van der Waals surface area contributed by atoms with Crippen molar-refractivity contribution in [2.24, 2.45) is 0 Å². The van der Waals surface area contributed by atoms with Crippen LogP contribution in [-0.4, -0.2) is 16.1 Å². The summed E-state index contributed by atoms with van der Waals surface area (Å²) in [5, 5.41) is 9.70. The molecule has 0 atom stereocenters. The molecule has 0 saturated heterocycles. The topological polar surface area (TPSA) is 53.1 Å². The third-order valence-electron chi connectivity index (χ3n) is 2.60. The molecule has 0 aliphatic carbocycles. The van der Waals surface area contributed by atoms with Crippen LogP contribution >= 0.6 is 0 Å². The minimum absolute atomic E-state index is 0.334. The number of aromatic amines is 1. The van der Waals surface area contributed by atoms with Crippen LogP contribution in [0.3, 0.4) is 0 Å². The van der Waals surface area contributed by atoms with Crippen LogP contribution in [0, 0.1) is 0 Å². The Morgan fingerprint density at radius 3 is 2.73 bits per heavy atom. The quantitative estimate of drug-likeness (QED) is 0.788. The second-order valence-electron chi connectivity index (χ2n) is 3.97. The van der Waals surface area contributed by atoms with Crippen LogP contribution in [0.15, 0.2) is 24.4 Å². The first kappa shape index (κ1) is 9.77. The summed E-state index contributed by atoms with van der Waals surface area (Å²) in [6, 6.07) is 5.85. The van der Waals surface area contributed by atoms with Gasteiger partial charge >= 0.3 is 5.97 Å². The van der Waals surface area contributed by atoms with Crippen LogP contribution in [0.1, 0.15) is 35.7 Å². The molecule has 2 aromatic rings. The lowest BCUT2D eigenvalue weighted by Crippen LogP contribution is -1.93. The summed E-state index contributed by atoms with van der Waals surface area (Å²) in [4.78, 5) is 13.9. The number of hydrogen-bond acceptors (Lipinski definition) is 1. The van der Waals surface area contributed by atoms with Crippen molar-refractivity contribution in [3.8, 4) is 0 Å². The minimum atomic E-state index is -0.890. The Morgan fingerprint density at radius 2 is 2.13 bits per heavy atom. The molecule has 2 N–H and O–H groups in total.